The topological polar surface area (TPSA) is 55.6 Å². The molecule has 2 aliphatic rings. The number of carbonyl (C=O) groups is 1. The number of carbonyl (C=O) groups excluding carboxylic acids is 1. The van der Waals surface area contributed by atoms with E-state index in [4.69, 9.17) is 22.1 Å². The Morgan fingerprint density at radius 2 is 1.66 bits per heavy atom. The van der Waals surface area contributed by atoms with E-state index in [1.165, 1.54) is 17.9 Å². The molecule has 5 atom stereocenters. The van der Waals surface area contributed by atoms with Crippen LogP contribution in [0.5, 0.6) is 0 Å². The van der Waals surface area contributed by atoms with Gasteiger partial charge in [0.05, 0.1) is 29.4 Å². The van der Waals surface area contributed by atoms with Crippen molar-refractivity contribution < 1.29 is 40.3 Å². The molecule has 2 N–H and O–H groups in total. The molecule has 12 heteroatoms. The fraction of sp³-hybridized carbons (Fsp3) is 0.435. The van der Waals surface area contributed by atoms with Crippen molar-refractivity contribution in [3.8, 4) is 0 Å². The lowest BCUT2D eigenvalue weighted by Gasteiger charge is -2.29. The summed E-state index contributed by atoms with van der Waals surface area (Å²) < 4.78 is 99.4. The van der Waals surface area contributed by atoms with Gasteiger partial charge in [0.25, 0.3) is 0 Å². The fourth-order valence-corrected chi connectivity index (χ4v) is 5.18. The Morgan fingerprint density at radius 3 is 2.20 bits per heavy atom. The van der Waals surface area contributed by atoms with Crippen LogP contribution in [0.25, 0.3) is 0 Å². The third kappa shape index (κ3) is 4.99. The van der Waals surface area contributed by atoms with Crippen molar-refractivity contribution in [1.29, 1.82) is 0 Å². The first-order valence-electron chi connectivity index (χ1n) is 10.6. The third-order valence-corrected chi connectivity index (χ3v) is 6.78. The molecule has 4 rings (SSSR count). The maximum atomic E-state index is 13.6. The first-order valence-corrected chi connectivity index (χ1v) is 11.0. The van der Waals surface area contributed by atoms with Crippen molar-refractivity contribution in [1.82, 2.24) is 4.90 Å². The molecule has 0 bridgehead atoms. The van der Waals surface area contributed by atoms with E-state index in [-0.39, 0.29) is 35.5 Å². The second-order valence-electron chi connectivity index (χ2n) is 8.75. The van der Waals surface area contributed by atoms with Gasteiger partial charge in [-0.15, -0.1) is 0 Å². The Hall–Kier alpha value is -2.37. The van der Waals surface area contributed by atoms with Gasteiger partial charge in [0.15, 0.2) is 0 Å². The molecular formula is C23H20ClF7N2O2. The molecule has 0 radical (unpaired) electrons. The third-order valence-electron chi connectivity index (χ3n) is 6.45. The van der Waals surface area contributed by atoms with Crippen LogP contribution in [-0.2, 0) is 21.9 Å². The normalized spacial score (nSPS) is 25.8. The van der Waals surface area contributed by atoms with Crippen LogP contribution in [0.15, 0.2) is 36.4 Å². The maximum absolute atomic E-state index is 13.6. The number of hydrogen-bond acceptors (Lipinski definition) is 3. The summed E-state index contributed by atoms with van der Waals surface area (Å²) in [5, 5.41) is 0.0445. The zero-order chi connectivity index (χ0) is 25.9. The summed E-state index contributed by atoms with van der Waals surface area (Å²) in [6, 6.07) is 3.71. The number of halogens is 8. The Bertz CT molecular complexity index is 1110. The number of benzene rings is 2. The predicted molar refractivity (Wildman–Crippen MR) is 112 cm³/mol. The minimum atomic E-state index is -5.00. The minimum absolute atomic E-state index is 0.00496. The summed E-state index contributed by atoms with van der Waals surface area (Å²) in [5.41, 5.74) is 3.34. The number of amides is 1. The molecule has 0 aromatic heterocycles. The van der Waals surface area contributed by atoms with Crippen molar-refractivity contribution in [2.45, 2.75) is 55.9 Å². The first kappa shape index (κ1) is 25.7. The summed E-state index contributed by atoms with van der Waals surface area (Å²) in [7, 11) is 0. The molecule has 0 spiro atoms. The van der Waals surface area contributed by atoms with E-state index in [0.29, 0.717) is 17.7 Å². The van der Waals surface area contributed by atoms with Crippen molar-refractivity contribution in [2.24, 2.45) is 5.73 Å². The molecule has 0 aliphatic carbocycles. The maximum Gasteiger partial charge on any atom is 0.416 e. The SMILES string of the molecule is C[C@@H](O[C@H]1CN2C(=O)CC(N)C2[C@@H]1c1ccc(F)cc1Cl)c1cc(C(F)(F)F)cc(C(F)(F)F)c1. The number of ether oxygens (including phenoxy) is 1. The van der Waals surface area contributed by atoms with Crippen LogP contribution in [0.3, 0.4) is 0 Å². The standard InChI is InChI=1S/C23H20ClF7N2O2/c1-10(11-4-12(22(26,27)28)6-13(5-11)23(29,30)31)35-18-9-33-19(34)8-17(32)21(33)20(18)15-3-2-14(25)7-16(15)24/h2-7,10,17-18,20-21H,8-9,32H2,1H3/t10-,17?,18+,20-,21?/m1/s1. The van der Waals surface area contributed by atoms with Crippen LogP contribution in [0, 0.1) is 5.82 Å². The highest BCUT2D eigenvalue weighted by atomic mass is 35.5. The highest BCUT2D eigenvalue weighted by Crippen LogP contribution is 2.45. The first-order chi connectivity index (χ1) is 16.2. The van der Waals surface area contributed by atoms with E-state index in [9.17, 15) is 35.5 Å². The monoisotopic (exact) mass is 524 g/mol. The smallest absolute Gasteiger partial charge is 0.368 e. The lowest BCUT2D eigenvalue weighted by Crippen LogP contribution is -2.39. The second-order valence-corrected chi connectivity index (χ2v) is 9.16. The van der Waals surface area contributed by atoms with Gasteiger partial charge in [-0.2, -0.15) is 26.3 Å². The highest BCUT2D eigenvalue weighted by Gasteiger charge is 2.53. The summed E-state index contributed by atoms with van der Waals surface area (Å²) in [5.74, 6) is -1.53. The Labute approximate surface area is 200 Å². The summed E-state index contributed by atoms with van der Waals surface area (Å²) in [4.78, 5) is 13.9. The molecule has 190 valence electrons. The number of nitrogens with zero attached hydrogens (tertiary/aromatic N) is 1. The minimum Gasteiger partial charge on any atom is -0.368 e. The number of rotatable bonds is 4. The van der Waals surface area contributed by atoms with Crippen molar-refractivity contribution >= 4 is 17.5 Å². The van der Waals surface area contributed by atoms with E-state index >= 15 is 0 Å². The van der Waals surface area contributed by atoms with Crippen LogP contribution < -0.4 is 5.73 Å². The molecule has 35 heavy (non-hydrogen) atoms. The van der Waals surface area contributed by atoms with Gasteiger partial charge in [0.1, 0.15) is 5.82 Å². The number of alkyl halides is 6. The molecule has 2 fully saturated rings. The molecule has 1 amide bonds. The Kier molecular flexibility index (Phi) is 6.56. The highest BCUT2D eigenvalue weighted by molar-refractivity contribution is 6.31. The van der Waals surface area contributed by atoms with Crippen LogP contribution in [-0.4, -0.2) is 35.5 Å². The molecule has 0 saturated carbocycles. The van der Waals surface area contributed by atoms with Crippen LogP contribution in [0.4, 0.5) is 30.7 Å². The molecule has 2 aromatic rings. The van der Waals surface area contributed by atoms with Crippen LogP contribution in [0.2, 0.25) is 5.02 Å². The van der Waals surface area contributed by atoms with Gasteiger partial charge < -0.3 is 15.4 Å². The van der Waals surface area contributed by atoms with Gasteiger partial charge in [-0.1, -0.05) is 17.7 Å². The molecule has 2 saturated heterocycles. The van der Waals surface area contributed by atoms with Crippen LogP contribution in [0.1, 0.15) is 47.6 Å². The summed E-state index contributed by atoms with van der Waals surface area (Å²) in [6.45, 7) is 1.33. The number of fused-ring (bicyclic) bond motifs is 1. The van der Waals surface area contributed by atoms with Gasteiger partial charge in [-0.05, 0) is 48.4 Å². The molecule has 2 unspecified atom stereocenters. The van der Waals surface area contributed by atoms with E-state index in [2.05, 4.69) is 0 Å². The quantitative estimate of drug-likeness (QED) is 0.523. The molecule has 2 aliphatic heterocycles. The van der Waals surface area contributed by atoms with E-state index in [0.717, 1.165) is 12.1 Å². The van der Waals surface area contributed by atoms with Gasteiger partial charge in [-0.25, -0.2) is 4.39 Å². The summed E-state index contributed by atoms with van der Waals surface area (Å²) >= 11 is 6.26. The van der Waals surface area contributed by atoms with Crippen LogP contribution >= 0.6 is 11.6 Å². The zero-order valence-electron chi connectivity index (χ0n) is 18.1. The lowest BCUT2D eigenvalue weighted by atomic mass is 9.86. The lowest BCUT2D eigenvalue weighted by molar-refractivity contribution is -0.143. The van der Waals surface area contributed by atoms with E-state index < -0.39 is 59.5 Å². The average Bonchev–Trinajstić information content (AvgIpc) is 3.23. The largest absolute Gasteiger partial charge is 0.416 e. The molecule has 4 nitrogen and oxygen atoms in total. The average molecular weight is 525 g/mol. The molecule has 2 heterocycles. The van der Waals surface area contributed by atoms with Gasteiger partial charge in [-0.3, -0.25) is 4.79 Å². The van der Waals surface area contributed by atoms with Crippen molar-refractivity contribution in [3.05, 3.63) is 69.5 Å². The Morgan fingerprint density at radius 1 is 1.06 bits per heavy atom. The summed E-state index contributed by atoms with van der Waals surface area (Å²) in [6.07, 6.45) is -12.0. The predicted octanol–water partition coefficient (Wildman–Crippen LogP) is 5.69. The van der Waals surface area contributed by atoms with Gasteiger partial charge >= 0.3 is 12.4 Å². The fourth-order valence-electron chi connectivity index (χ4n) is 4.89. The second kappa shape index (κ2) is 8.94. The number of nitrogens with two attached hydrogens (primary N) is 1. The zero-order valence-corrected chi connectivity index (χ0v) is 18.9. The van der Waals surface area contributed by atoms with Gasteiger partial charge in [0, 0.05) is 29.9 Å². The molecular weight excluding hydrogens is 505 g/mol. The van der Waals surface area contributed by atoms with E-state index in [1.54, 1.807) is 0 Å². The van der Waals surface area contributed by atoms with E-state index in [1.807, 2.05) is 0 Å². The van der Waals surface area contributed by atoms with Crippen molar-refractivity contribution in [3.63, 3.8) is 0 Å². The Balaban J connectivity index is 1.71. The van der Waals surface area contributed by atoms with Crippen molar-refractivity contribution in [2.75, 3.05) is 6.54 Å². The number of hydrogen-bond donors (Lipinski definition) is 1. The molecule has 2 aromatic carbocycles. The van der Waals surface area contributed by atoms with Gasteiger partial charge in [0.2, 0.25) is 5.91 Å².